The maximum Gasteiger partial charge on any atom is 0.338 e. The third-order valence-corrected chi connectivity index (χ3v) is 7.66. The Kier molecular flexibility index (Phi) is 3.09. The quantitative estimate of drug-likeness (QED) is 0.724. The molecule has 5 unspecified atom stereocenters. The van der Waals surface area contributed by atoms with Gasteiger partial charge in [0.25, 0.3) is 0 Å². The van der Waals surface area contributed by atoms with Crippen LogP contribution >= 0.6 is 0 Å². The molecule has 24 heavy (non-hydrogen) atoms. The molecule has 126 valence electrons. The van der Waals surface area contributed by atoms with Gasteiger partial charge in [-0.25, -0.2) is 0 Å². The summed E-state index contributed by atoms with van der Waals surface area (Å²) in [6, 6.07) is 4.12. The van der Waals surface area contributed by atoms with Crippen molar-refractivity contribution >= 4 is 23.3 Å². The van der Waals surface area contributed by atoms with Gasteiger partial charge >= 0.3 is 11.3 Å². The van der Waals surface area contributed by atoms with Crippen molar-refractivity contribution in [3.05, 3.63) is 28.8 Å². The molecular formula is C19H21NO3S. The van der Waals surface area contributed by atoms with Crippen LogP contribution in [0.5, 0.6) is 5.75 Å². The number of hydrogen-bond donors (Lipinski definition) is 0. The molecule has 2 saturated carbocycles. The van der Waals surface area contributed by atoms with Crippen LogP contribution < -0.4 is 4.18 Å². The molecule has 0 saturated heterocycles. The van der Waals surface area contributed by atoms with Crippen LogP contribution in [0.25, 0.3) is 0 Å². The second-order valence-corrected chi connectivity index (χ2v) is 8.73. The molecule has 5 rings (SSSR count). The molecule has 0 amide bonds. The summed E-state index contributed by atoms with van der Waals surface area (Å²) in [6.07, 6.45) is 7.82. The highest BCUT2D eigenvalue weighted by Crippen LogP contribution is 2.59. The number of ketones is 1. The Bertz CT molecular complexity index is 802. The van der Waals surface area contributed by atoms with E-state index in [1.807, 2.05) is 6.07 Å². The van der Waals surface area contributed by atoms with Gasteiger partial charge in [-0.05, 0) is 67.1 Å². The van der Waals surface area contributed by atoms with Gasteiger partial charge in [-0.3, -0.25) is 4.79 Å². The Hall–Kier alpha value is -1.49. The Balaban J connectivity index is 1.56. The lowest BCUT2D eigenvalue weighted by atomic mass is 9.55. The van der Waals surface area contributed by atoms with Crippen molar-refractivity contribution in [2.24, 2.45) is 21.6 Å². The monoisotopic (exact) mass is 343 g/mol. The van der Waals surface area contributed by atoms with Gasteiger partial charge in [-0.2, -0.15) is 8.61 Å². The number of rotatable bonds is 0. The molecule has 3 aliphatic carbocycles. The highest BCUT2D eigenvalue weighted by molar-refractivity contribution is 7.79. The van der Waals surface area contributed by atoms with E-state index in [4.69, 9.17) is 4.18 Å². The first-order valence-corrected chi connectivity index (χ1v) is 9.94. The zero-order valence-electron chi connectivity index (χ0n) is 13.8. The van der Waals surface area contributed by atoms with Crippen LogP contribution in [-0.4, -0.2) is 16.2 Å². The molecular weight excluding hydrogens is 322 g/mol. The smallest absolute Gasteiger partial charge is 0.338 e. The topological polar surface area (TPSA) is 55.7 Å². The number of hydrogen-bond acceptors (Lipinski definition) is 3. The third kappa shape index (κ3) is 1.88. The molecule has 5 heteroatoms. The van der Waals surface area contributed by atoms with Crippen molar-refractivity contribution in [3.63, 3.8) is 0 Å². The summed E-state index contributed by atoms with van der Waals surface area (Å²) in [5.74, 6) is 2.90. The van der Waals surface area contributed by atoms with Crippen LogP contribution in [0.2, 0.25) is 0 Å². The molecule has 1 aromatic rings. The van der Waals surface area contributed by atoms with E-state index in [9.17, 15) is 9.00 Å². The van der Waals surface area contributed by atoms with Gasteiger partial charge in [0, 0.05) is 17.4 Å². The lowest BCUT2D eigenvalue weighted by molar-refractivity contribution is -0.129. The van der Waals surface area contributed by atoms with Crippen LogP contribution in [0.4, 0.5) is 0 Å². The summed E-state index contributed by atoms with van der Waals surface area (Å²) < 4.78 is 20.8. The van der Waals surface area contributed by atoms with Crippen molar-refractivity contribution < 1.29 is 13.2 Å². The van der Waals surface area contributed by atoms with Crippen molar-refractivity contribution in [1.82, 2.24) is 0 Å². The van der Waals surface area contributed by atoms with Crippen molar-refractivity contribution in [1.29, 1.82) is 0 Å². The molecule has 0 bridgehead atoms. The molecule has 1 aromatic carbocycles. The van der Waals surface area contributed by atoms with Gasteiger partial charge in [0.1, 0.15) is 5.78 Å². The van der Waals surface area contributed by atoms with E-state index in [0.717, 1.165) is 44.1 Å². The average molecular weight is 343 g/mol. The number of nitrogens with zero attached hydrogens (tertiary/aromatic N) is 1. The minimum atomic E-state index is -1.59. The number of benzene rings is 1. The fourth-order valence-electron chi connectivity index (χ4n) is 5.85. The highest BCUT2D eigenvalue weighted by atomic mass is 32.2. The number of fused-ring (bicyclic) bond motifs is 7. The molecule has 1 aliphatic heterocycles. The maximum absolute atomic E-state index is 12.4. The predicted molar refractivity (Wildman–Crippen MR) is 92.4 cm³/mol. The van der Waals surface area contributed by atoms with E-state index in [-0.39, 0.29) is 5.41 Å². The van der Waals surface area contributed by atoms with E-state index in [0.29, 0.717) is 29.3 Å². The van der Waals surface area contributed by atoms with Gasteiger partial charge in [0.05, 0.1) is 6.21 Å². The fraction of sp³-hybridized carbons (Fsp3) is 0.579. The molecule has 0 spiro atoms. The maximum atomic E-state index is 12.4. The summed E-state index contributed by atoms with van der Waals surface area (Å²) in [4.78, 5) is 12.4. The summed E-state index contributed by atoms with van der Waals surface area (Å²) in [5.41, 5.74) is 3.67. The SMILES string of the molecule is CC12CCC3c4ccc5c(c4CCC3C1CCC2=O)C=NS(=O)O5. The van der Waals surface area contributed by atoms with Crippen LogP contribution in [-0.2, 0) is 22.5 Å². The second-order valence-electron chi connectivity index (χ2n) is 7.91. The summed E-state index contributed by atoms with van der Waals surface area (Å²) >= 11 is -1.59. The molecule has 0 radical (unpaired) electrons. The zero-order chi connectivity index (χ0) is 16.5. The Morgan fingerprint density at radius 3 is 3.00 bits per heavy atom. The number of Topliss-reactive ketones (excluding diaryl/α,β-unsaturated/α-hetero) is 1. The Morgan fingerprint density at radius 1 is 1.25 bits per heavy atom. The molecule has 5 atom stereocenters. The second kappa shape index (κ2) is 5.01. The van der Waals surface area contributed by atoms with E-state index in [1.54, 1.807) is 6.21 Å². The minimum absolute atomic E-state index is 0.0751. The lowest BCUT2D eigenvalue weighted by Gasteiger charge is -2.48. The number of carbonyl (C=O) groups is 1. The van der Waals surface area contributed by atoms with Crippen LogP contribution in [0, 0.1) is 17.3 Å². The molecule has 0 N–H and O–H groups in total. The van der Waals surface area contributed by atoms with Crippen molar-refractivity contribution in [3.8, 4) is 5.75 Å². The van der Waals surface area contributed by atoms with Crippen LogP contribution in [0.15, 0.2) is 16.5 Å². The minimum Gasteiger partial charge on any atom is -0.383 e. The predicted octanol–water partition coefficient (Wildman–Crippen LogP) is 3.50. The van der Waals surface area contributed by atoms with Crippen molar-refractivity contribution in [2.75, 3.05) is 0 Å². The highest BCUT2D eigenvalue weighted by Gasteiger charge is 2.54. The summed E-state index contributed by atoms with van der Waals surface area (Å²) in [7, 11) is 0. The standard InChI is InChI=1S/C19H21NO3S/c1-19-9-8-13-11-4-6-17-15(10-20-24(22)23-17)12(11)2-3-14(13)16(19)5-7-18(19)21/h4,6,10,13-14,16H,2-3,5,7-9H2,1H3. The molecule has 2 fully saturated rings. The van der Waals surface area contributed by atoms with E-state index >= 15 is 0 Å². The fourth-order valence-corrected chi connectivity index (χ4v) is 6.39. The third-order valence-electron chi connectivity index (χ3n) is 7.06. The van der Waals surface area contributed by atoms with E-state index in [2.05, 4.69) is 17.4 Å². The normalized spacial score (nSPS) is 39.5. The molecule has 0 aromatic heterocycles. The van der Waals surface area contributed by atoms with Crippen LogP contribution in [0.1, 0.15) is 61.6 Å². The van der Waals surface area contributed by atoms with Crippen molar-refractivity contribution in [2.45, 2.75) is 51.4 Å². The Labute approximate surface area is 144 Å². The largest absolute Gasteiger partial charge is 0.383 e. The van der Waals surface area contributed by atoms with E-state index in [1.165, 1.54) is 11.1 Å². The summed E-state index contributed by atoms with van der Waals surface area (Å²) in [5, 5.41) is 0. The molecule has 1 heterocycles. The first-order valence-electron chi connectivity index (χ1n) is 8.91. The van der Waals surface area contributed by atoms with Gasteiger partial charge in [-0.1, -0.05) is 13.0 Å². The molecule has 4 nitrogen and oxygen atoms in total. The van der Waals surface area contributed by atoms with Gasteiger partial charge in [-0.15, -0.1) is 0 Å². The van der Waals surface area contributed by atoms with Crippen LogP contribution in [0.3, 0.4) is 0 Å². The lowest BCUT2D eigenvalue weighted by Crippen LogP contribution is -2.42. The average Bonchev–Trinajstić information content (AvgIpc) is 2.89. The zero-order valence-corrected chi connectivity index (χ0v) is 14.6. The van der Waals surface area contributed by atoms with Gasteiger partial charge in [0.2, 0.25) is 0 Å². The van der Waals surface area contributed by atoms with Gasteiger partial charge in [0.15, 0.2) is 5.75 Å². The summed E-state index contributed by atoms with van der Waals surface area (Å²) in [6.45, 7) is 2.21. The molecule has 4 aliphatic rings. The number of carbonyl (C=O) groups excluding carboxylic acids is 1. The first-order chi connectivity index (χ1) is 11.6. The Morgan fingerprint density at radius 2 is 2.12 bits per heavy atom. The van der Waals surface area contributed by atoms with Gasteiger partial charge < -0.3 is 4.18 Å². The first kappa shape index (κ1) is 14.8. The van der Waals surface area contributed by atoms with E-state index < -0.39 is 11.3 Å².